The molecule has 18 heavy (non-hydrogen) atoms. The zero-order valence-electron chi connectivity index (χ0n) is 10.1. The van der Waals surface area contributed by atoms with Gasteiger partial charge in [0.2, 0.25) is 0 Å². The summed E-state index contributed by atoms with van der Waals surface area (Å²) in [5.41, 5.74) is 1.32. The minimum Gasteiger partial charge on any atom is -0.460 e. The molecule has 1 aliphatic carbocycles. The molecule has 0 fully saturated rings. The van der Waals surface area contributed by atoms with Gasteiger partial charge in [0, 0.05) is 16.7 Å². The summed E-state index contributed by atoms with van der Waals surface area (Å²) >= 11 is 7.50. The maximum absolute atomic E-state index is 11.9. The normalized spacial score (nSPS) is 25.8. The average Bonchev–Trinajstić information content (AvgIpc) is 2.71. The molecule has 1 aliphatic heterocycles. The third kappa shape index (κ3) is 2.40. The fourth-order valence-electron chi connectivity index (χ4n) is 2.06. The Bertz CT molecular complexity index is 490. The largest absolute Gasteiger partial charge is 0.460 e. The highest BCUT2D eigenvalue weighted by Crippen LogP contribution is 2.45. The van der Waals surface area contributed by atoms with Crippen LogP contribution in [0.15, 0.2) is 33.7 Å². The van der Waals surface area contributed by atoms with E-state index >= 15 is 0 Å². The molecule has 1 heterocycles. The first-order valence-corrected chi connectivity index (χ1v) is 6.94. The smallest absolute Gasteiger partial charge is 0.379 e. The van der Waals surface area contributed by atoms with Crippen LogP contribution in [-0.2, 0) is 14.3 Å². The molecular weight excluding hydrogens is 272 g/mol. The van der Waals surface area contributed by atoms with Gasteiger partial charge in [0.1, 0.15) is 0 Å². The maximum Gasteiger partial charge on any atom is 0.379 e. The molecule has 0 radical (unpaired) electrons. The van der Waals surface area contributed by atoms with Crippen LogP contribution in [0, 0.1) is 5.92 Å². The standard InChI is InChI=1S/C13H13ClO3S/c1-3-17-13(16)11(15)9-5-4-8-6-10(14)18-12(8)7(9)2/h4-6,8,12H,3H2,1-2H3. The zero-order chi connectivity index (χ0) is 13.3. The quantitative estimate of drug-likeness (QED) is 0.590. The van der Waals surface area contributed by atoms with Gasteiger partial charge >= 0.3 is 5.97 Å². The van der Waals surface area contributed by atoms with E-state index in [9.17, 15) is 9.59 Å². The molecule has 0 aromatic heterocycles. The predicted octanol–water partition coefficient (Wildman–Crippen LogP) is 2.82. The summed E-state index contributed by atoms with van der Waals surface area (Å²) in [6, 6.07) is 0. The number of fused-ring (bicyclic) bond motifs is 1. The zero-order valence-corrected chi connectivity index (χ0v) is 11.7. The van der Waals surface area contributed by atoms with Crippen LogP contribution in [0.25, 0.3) is 0 Å². The van der Waals surface area contributed by atoms with E-state index in [-0.39, 0.29) is 17.8 Å². The third-order valence-electron chi connectivity index (χ3n) is 2.95. The van der Waals surface area contributed by atoms with E-state index in [0.29, 0.717) is 5.57 Å². The van der Waals surface area contributed by atoms with Crippen LogP contribution in [0.3, 0.4) is 0 Å². The van der Waals surface area contributed by atoms with Crippen molar-refractivity contribution in [2.45, 2.75) is 19.1 Å². The minimum atomic E-state index is -0.794. The lowest BCUT2D eigenvalue weighted by Crippen LogP contribution is -2.25. The third-order valence-corrected chi connectivity index (χ3v) is 4.63. The van der Waals surface area contributed by atoms with E-state index < -0.39 is 11.8 Å². The van der Waals surface area contributed by atoms with Gasteiger partial charge in [-0.3, -0.25) is 4.79 Å². The highest BCUT2D eigenvalue weighted by atomic mass is 35.5. The molecule has 0 amide bonds. The SMILES string of the molecule is CCOC(=O)C(=O)C1=C(C)C2SC(Cl)=CC2C=C1. The number of thioether (sulfide) groups is 1. The van der Waals surface area contributed by atoms with Crippen molar-refractivity contribution >= 4 is 35.1 Å². The van der Waals surface area contributed by atoms with Crippen molar-refractivity contribution < 1.29 is 14.3 Å². The van der Waals surface area contributed by atoms with Crippen molar-refractivity contribution in [2.24, 2.45) is 5.92 Å². The second-order valence-corrected chi connectivity index (χ2v) is 5.91. The Balaban J connectivity index is 2.23. The van der Waals surface area contributed by atoms with E-state index in [2.05, 4.69) is 0 Å². The van der Waals surface area contributed by atoms with Crippen LogP contribution in [-0.4, -0.2) is 23.6 Å². The van der Waals surface area contributed by atoms with Crippen LogP contribution in [0.2, 0.25) is 0 Å². The van der Waals surface area contributed by atoms with Gasteiger partial charge in [-0.25, -0.2) is 4.79 Å². The molecule has 2 unspecified atom stereocenters. The van der Waals surface area contributed by atoms with Gasteiger partial charge in [-0.05, 0) is 19.4 Å². The number of esters is 1. The number of hydrogen-bond donors (Lipinski definition) is 0. The van der Waals surface area contributed by atoms with E-state index in [1.807, 2.05) is 19.1 Å². The summed E-state index contributed by atoms with van der Waals surface area (Å²) in [7, 11) is 0. The second kappa shape index (κ2) is 5.33. The van der Waals surface area contributed by atoms with Crippen molar-refractivity contribution in [3.05, 3.63) is 33.7 Å². The molecule has 96 valence electrons. The average molecular weight is 285 g/mol. The first-order chi connectivity index (χ1) is 8.54. The van der Waals surface area contributed by atoms with E-state index in [0.717, 1.165) is 9.94 Å². The van der Waals surface area contributed by atoms with Crippen molar-refractivity contribution in [1.29, 1.82) is 0 Å². The van der Waals surface area contributed by atoms with Crippen molar-refractivity contribution in [1.82, 2.24) is 0 Å². The molecule has 2 rings (SSSR count). The highest BCUT2D eigenvalue weighted by Gasteiger charge is 2.34. The molecule has 0 N–H and O–H groups in total. The molecule has 2 aliphatic rings. The summed E-state index contributed by atoms with van der Waals surface area (Å²) in [5.74, 6) is -1.16. The number of rotatable bonds is 3. The van der Waals surface area contributed by atoms with Crippen LogP contribution < -0.4 is 0 Å². The lowest BCUT2D eigenvalue weighted by molar-refractivity contribution is -0.151. The summed E-state index contributed by atoms with van der Waals surface area (Å²) < 4.78 is 5.47. The Morgan fingerprint density at radius 1 is 1.50 bits per heavy atom. The number of carbonyl (C=O) groups excluding carboxylic acids is 2. The van der Waals surface area contributed by atoms with E-state index in [4.69, 9.17) is 16.3 Å². The van der Waals surface area contributed by atoms with Crippen LogP contribution in [0.4, 0.5) is 0 Å². The Morgan fingerprint density at radius 2 is 2.22 bits per heavy atom. The molecule has 0 spiro atoms. The second-order valence-electron chi connectivity index (χ2n) is 4.09. The van der Waals surface area contributed by atoms with Crippen LogP contribution >= 0.6 is 23.4 Å². The monoisotopic (exact) mass is 284 g/mol. The molecule has 0 aromatic carbocycles. The fraction of sp³-hybridized carbons (Fsp3) is 0.385. The van der Waals surface area contributed by atoms with Crippen molar-refractivity contribution in [3.8, 4) is 0 Å². The molecular formula is C13H13ClO3S. The Hall–Kier alpha value is -1.00. The van der Waals surface area contributed by atoms with E-state index in [1.165, 1.54) is 11.8 Å². The molecule has 0 saturated heterocycles. The summed E-state index contributed by atoms with van der Waals surface area (Å²) in [6.45, 7) is 3.74. The molecule has 2 atom stereocenters. The number of halogens is 1. The number of Topliss-reactive ketones (excluding diaryl/α,β-unsaturated/α-hetero) is 1. The van der Waals surface area contributed by atoms with E-state index in [1.54, 1.807) is 13.0 Å². The van der Waals surface area contributed by atoms with Gasteiger partial charge in [0.05, 0.1) is 11.0 Å². The number of hydrogen-bond acceptors (Lipinski definition) is 4. The maximum atomic E-state index is 11.9. The topological polar surface area (TPSA) is 43.4 Å². The molecule has 0 saturated carbocycles. The lowest BCUT2D eigenvalue weighted by Gasteiger charge is -2.22. The van der Waals surface area contributed by atoms with Gasteiger partial charge in [0.25, 0.3) is 5.78 Å². The van der Waals surface area contributed by atoms with Crippen LogP contribution in [0.5, 0.6) is 0 Å². The number of ketones is 1. The van der Waals surface area contributed by atoms with Crippen molar-refractivity contribution in [2.75, 3.05) is 6.61 Å². The first-order valence-electron chi connectivity index (χ1n) is 5.69. The predicted molar refractivity (Wildman–Crippen MR) is 72.3 cm³/mol. The van der Waals surface area contributed by atoms with Gasteiger partial charge in [0.15, 0.2) is 0 Å². The first kappa shape index (κ1) is 13.4. The molecule has 0 aromatic rings. The van der Waals surface area contributed by atoms with Gasteiger partial charge in [-0.1, -0.05) is 29.8 Å². The van der Waals surface area contributed by atoms with Crippen LogP contribution in [0.1, 0.15) is 13.8 Å². The Morgan fingerprint density at radius 3 is 2.89 bits per heavy atom. The van der Waals surface area contributed by atoms with Gasteiger partial charge < -0.3 is 4.74 Å². The summed E-state index contributed by atoms with van der Waals surface area (Å²) in [5, 5.41) is 0.121. The molecule has 5 heteroatoms. The summed E-state index contributed by atoms with van der Waals surface area (Å²) in [6.07, 6.45) is 5.57. The highest BCUT2D eigenvalue weighted by molar-refractivity contribution is 8.05. The van der Waals surface area contributed by atoms with Gasteiger partial charge in [-0.2, -0.15) is 0 Å². The number of allylic oxidation sites excluding steroid dienone is 3. The number of ether oxygens (including phenoxy) is 1. The van der Waals surface area contributed by atoms with Gasteiger partial charge in [-0.15, -0.1) is 11.8 Å². The summed E-state index contributed by atoms with van der Waals surface area (Å²) in [4.78, 5) is 23.4. The minimum absolute atomic E-state index is 0.121. The van der Waals surface area contributed by atoms with Crippen molar-refractivity contribution in [3.63, 3.8) is 0 Å². The Labute approximate surface area is 115 Å². The number of carbonyl (C=O) groups is 2. The lowest BCUT2D eigenvalue weighted by atomic mass is 9.88. The fourth-order valence-corrected chi connectivity index (χ4v) is 3.61. The molecule has 3 nitrogen and oxygen atoms in total. The Kier molecular flexibility index (Phi) is 3.97. The molecule has 0 bridgehead atoms.